The lowest BCUT2D eigenvalue weighted by Gasteiger charge is -2.34. The lowest BCUT2D eigenvalue weighted by atomic mass is 9.99. The van der Waals surface area contributed by atoms with E-state index in [2.05, 4.69) is 11.8 Å². The maximum atomic E-state index is 13.3. The molecule has 3 heterocycles. The third-order valence-corrected chi connectivity index (χ3v) is 5.42. The van der Waals surface area contributed by atoms with Gasteiger partial charge in [0.25, 0.3) is 5.91 Å². The van der Waals surface area contributed by atoms with E-state index in [1.54, 1.807) is 12.1 Å². The minimum atomic E-state index is -0.327. The quantitative estimate of drug-likeness (QED) is 0.857. The summed E-state index contributed by atoms with van der Waals surface area (Å²) in [6.07, 6.45) is 1.04. The molecule has 2 saturated heterocycles. The molecule has 1 amide bonds. The molecule has 5 nitrogen and oxygen atoms in total. The Balaban J connectivity index is 1.53. The predicted octanol–water partition coefficient (Wildman–Crippen LogP) is 2.75. The number of likely N-dealkylation sites (tertiary alicyclic amines) is 1. The third kappa shape index (κ3) is 3.16. The minimum Gasteiger partial charge on any atom is -0.451 e. The lowest BCUT2D eigenvalue weighted by molar-refractivity contribution is 0.0102. The molecule has 0 spiro atoms. The van der Waals surface area contributed by atoms with Crippen LogP contribution in [0.25, 0.3) is 11.0 Å². The number of amides is 1. The van der Waals surface area contributed by atoms with Gasteiger partial charge in [-0.3, -0.25) is 9.69 Å². The highest BCUT2D eigenvalue weighted by atomic mass is 19.1. The first-order chi connectivity index (χ1) is 12.2. The van der Waals surface area contributed by atoms with Gasteiger partial charge in [0.2, 0.25) is 0 Å². The number of hydrogen-bond donors (Lipinski definition) is 0. The molecule has 0 aliphatic carbocycles. The zero-order valence-corrected chi connectivity index (χ0v) is 14.4. The number of fused-ring (bicyclic) bond motifs is 1. The molecule has 1 aromatic heterocycles. The van der Waals surface area contributed by atoms with E-state index in [1.165, 1.54) is 12.1 Å². The molecule has 0 saturated carbocycles. The van der Waals surface area contributed by atoms with Crippen LogP contribution in [0.3, 0.4) is 0 Å². The fourth-order valence-corrected chi connectivity index (χ4v) is 4.02. The summed E-state index contributed by atoms with van der Waals surface area (Å²) in [6, 6.07) is 6.32. The summed E-state index contributed by atoms with van der Waals surface area (Å²) < 4.78 is 24.5. The summed E-state index contributed by atoms with van der Waals surface area (Å²) in [5.41, 5.74) is 0.542. The lowest BCUT2D eigenvalue weighted by Crippen LogP contribution is -2.47. The number of morpholine rings is 1. The Morgan fingerprint density at radius 1 is 1.24 bits per heavy atom. The summed E-state index contributed by atoms with van der Waals surface area (Å²) in [5, 5.41) is 0.624. The molecule has 0 N–H and O–H groups in total. The van der Waals surface area contributed by atoms with Crippen molar-refractivity contribution in [1.82, 2.24) is 9.80 Å². The van der Waals surface area contributed by atoms with Crippen LogP contribution in [0.5, 0.6) is 0 Å². The first kappa shape index (κ1) is 16.5. The molecule has 2 atom stereocenters. The van der Waals surface area contributed by atoms with Gasteiger partial charge in [0, 0.05) is 37.6 Å². The van der Waals surface area contributed by atoms with Gasteiger partial charge in [-0.1, -0.05) is 13.3 Å². The molecule has 0 unspecified atom stereocenters. The van der Waals surface area contributed by atoms with Crippen molar-refractivity contribution in [3.8, 4) is 0 Å². The smallest absolute Gasteiger partial charge is 0.289 e. The van der Waals surface area contributed by atoms with Crippen LogP contribution in [-0.4, -0.2) is 61.1 Å². The average molecular weight is 346 g/mol. The van der Waals surface area contributed by atoms with Crippen LogP contribution in [0, 0.1) is 11.7 Å². The second kappa shape index (κ2) is 6.77. The molecule has 4 rings (SSSR count). The number of hydrogen-bond acceptors (Lipinski definition) is 4. The van der Waals surface area contributed by atoms with Gasteiger partial charge in [0.15, 0.2) is 5.76 Å². The van der Waals surface area contributed by atoms with Gasteiger partial charge in [-0.2, -0.15) is 0 Å². The summed E-state index contributed by atoms with van der Waals surface area (Å²) in [4.78, 5) is 17.2. The number of rotatable bonds is 3. The Kier molecular flexibility index (Phi) is 4.48. The second-order valence-corrected chi connectivity index (χ2v) is 6.89. The Labute approximate surface area is 146 Å². The van der Waals surface area contributed by atoms with Crippen molar-refractivity contribution in [2.75, 3.05) is 39.4 Å². The summed E-state index contributed by atoms with van der Waals surface area (Å²) in [5.74, 6) is 0.319. The van der Waals surface area contributed by atoms with Crippen LogP contribution in [-0.2, 0) is 4.74 Å². The Hall–Kier alpha value is -1.92. The maximum absolute atomic E-state index is 13.3. The Morgan fingerprint density at radius 2 is 2.04 bits per heavy atom. The summed E-state index contributed by atoms with van der Waals surface area (Å²) in [6.45, 7) is 6.99. The molecule has 2 fully saturated rings. The topological polar surface area (TPSA) is 45.9 Å². The highest BCUT2D eigenvalue weighted by molar-refractivity contribution is 5.96. The van der Waals surface area contributed by atoms with Crippen molar-refractivity contribution in [3.63, 3.8) is 0 Å². The van der Waals surface area contributed by atoms with E-state index in [-0.39, 0.29) is 17.5 Å². The van der Waals surface area contributed by atoms with E-state index >= 15 is 0 Å². The van der Waals surface area contributed by atoms with Crippen LogP contribution >= 0.6 is 0 Å². The Morgan fingerprint density at radius 3 is 2.80 bits per heavy atom. The first-order valence-corrected chi connectivity index (χ1v) is 8.96. The number of benzene rings is 1. The van der Waals surface area contributed by atoms with E-state index in [0.717, 1.165) is 39.3 Å². The van der Waals surface area contributed by atoms with E-state index < -0.39 is 0 Å². The Bertz CT molecular complexity index is 769. The first-order valence-electron chi connectivity index (χ1n) is 8.96. The van der Waals surface area contributed by atoms with Crippen LogP contribution in [0.15, 0.2) is 28.7 Å². The molecule has 6 heteroatoms. The van der Waals surface area contributed by atoms with Crippen molar-refractivity contribution in [3.05, 3.63) is 35.8 Å². The van der Waals surface area contributed by atoms with Gasteiger partial charge in [0.05, 0.1) is 13.2 Å². The second-order valence-electron chi connectivity index (χ2n) is 6.89. The number of carbonyl (C=O) groups excluding carboxylic acids is 1. The largest absolute Gasteiger partial charge is 0.451 e. The van der Waals surface area contributed by atoms with Crippen molar-refractivity contribution < 1.29 is 18.3 Å². The van der Waals surface area contributed by atoms with Crippen molar-refractivity contribution in [2.24, 2.45) is 5.92 Å². The van der Waals surface area contributed by atoms with Gasteiger partial charge < -0.3 is 14.1 Å². The minimum absolute atomic E-state index is 0.106. The standard InChI is InChI=1S/C19H23FN2O3/c1-2-13-11-22(12-16(13)21-5-7-24-8-6-21)19(23)18-10-14-9-15(20)3-4-17(14)25-18/h3-4,9-10,13,16H,2,5-8,11-12H2,1H3/t13-,16+/m1/s1. The normalized spacial score (nSPS) is 25.0. The van der Waals surface area contributed by atoms with E-state index in [1.807, 2.05) is 4.90 Å². The monoisotopic (exact) mass is 346 g/mol. The number of halogens is 1. The molecule has 134 valence electrons. The van der Waals surface area contributed by atoms with Crippen LogP contribution in [0.1, 0.15) is 23.9 Å². The van der Waals surface area contributed by atoms with Crippen LogP contribution < -0.4 is 0 Å². The summed E-state index contributed by atoms with van der Waals surface area (Å²) >= 11 is 0. The van der Waals surface area contributed by atoms with E-state index in [0.29, 0.717) is 29.5 Å². The number of ether oxygens (including phenoxy) is 1. The van der Waals surface area contributed by atoms with Gasteiger partial charge in [-0.15, -0.1) is 0 Å². The van der Waals surface area contributed by atoms with Gasteiger partial charge >= 0.3 is 0 Å². The van der Waals surface area contributed by atoms with Crippen LogP contribution in [0.2, 0.25) is 0 Å². The molecule has 25 heavy (non-hydrogen) atoms. The fourth-order valence-electron chi connectivity index (χ4n) is 4.02. The molecule has 2 aliphatic rings. The van der Waals surface area contributed by atoms with E-state index in [4.69, 9.17) is 9.15 Å². The SMILES string of the molecule is CC[C@@H]1CN(C(=O)c2cc3cc(F)ccc3o2)C[C@@H]1N1CCOCC1. The van der Waals surface area contributed by atoms with Crippen molar-refractivity contribution in [2.45, 2.75) is 19.4 Å². The highest BCUT2D eigenvalue weighted by Gasteiger charge is 2.39. The third-order valence-electron chi connectivity index (χ3n) is 5.42. The average Bonchev–Trinajstić information content (AvgIpc) is 3.25. The molecule has 0 radical (unpaired) electrons. The van der Waals surface area contributed by atoms with Crippen LogP contribution in [0.4, 0.5) is 4.39 Å². The zero-order valence-electron chi connectivity index (χ0n) is 14.4. The van der Waals surface area contributed by atoms with Crippen molar-refractivity contribution >= 4 is 16.9 Å². The predicted molar refractivity (Wildman–Crippen MR) is 92.0 cm³/mol. The fraction of sp³-hybridized carbons (Fsp3) is 0.526. The molecule has 1 aromatic carbocycles. The van der Waals surface area contributed by atoms with Gasteiger partial charge in [0.1, 0.15) is 11.4 Å². The molecular formula is C19H23FN2O3. The van der Waals surface area contributed by atoms with Crippen molar-refractivity contribution in [1.29, 1.82) is 0 Å². The maximum Gasteiger partial charge on any atom is 0.289 e. The zero-order chi connectivity index (χ0) is 17.4. The molecule has 2 aliphatic heterocycles. The van der Waals surface area contributed by atoms with Gasteiger partial charge in [-0.25, -0.2) is 4.39 Å². The molecular weight excluding hydrogens is 323 g/mol. The summed E-state index contributed by atoms with van der Waals surface area (Å²) in [7, 11) is 0. The number of carbonyl (C=O) groups is 1. The molecule has 0 bridgehead atoms. The van der Waals surface area contributed by atoms with Gasteiger partial charge in [-0.05, 0) is 30.2 Å². The molecule has 2 aromatic rings. The highest BCUT2D eigenvalue weighted by Crippen LogP contribution is 2.28. The van der Waals surface area contributed by atoms with E-state index in [9.17, 15) is 9.18 Å². The number of furan rings is 1. The number of nitrogens with zero attached hydrogens (tertiary/aromatic N) is 2.